The summed E-state index contributed by atoms with van der Waals surface area (Å²) in [6.45, 7) is 0. The average molecular weight is 246 g/mol. The molecule has 0 aliphatic carbocycles. The zero-order valence-electron chi connectivity index (χ0n) is 9.54. The molecule has 0 saturated carbocycles. The molecule has 1 aromatic heterocycles. The molecule has 0 unspecified atom stereocenters. The van der Waals surface area contributed by atoms with E-state index in [1.165, 1.54) is 19.2 Å². The Morgan fingerprint density at radius 1 is 1.28 bits per heavy atom. The van der Waals surface area contributed by atoms with Gasteiger partial charge in [-0.15, -0.1) is 0 Å². The van der Waals surface area contributed by atoms with Gasteiger partial charge in [-0.3, -0.25) is 10.1 Å². The van der Waals surface area contributed by atoms with Gasteiger partial charge in [-0.2, -0.15) is 0 Å². The lowest BCUT2D eigenvalue weighted by molar-refractivity contribution is -0.384. The third-order valence-corrected chi connectivity index (χ3v) is 2.53. The first-order valence-corrected chi connectivity index (χ1v) is 5.14. The van der Waals surface area contributed by atoms with Crippen molar-refractivity contribution in [1.82, 2.24) is 4.98 Å². The number of rotatable bonds is 3. The van der Waals surface area contributed by atoms with E-state index in [-0.39, 0.29) is 5.69 Å². The van der Waals surface area contributed by atoms with E-state index in [1.54, 1.807) is 24.4 Å². The van der Waals surface area contributed by atoms with Gasteiger partial charge in [0.2, 0.25) is 0 Å². The lowest BCUT2D eigenvalue weighted by Crippen LogP contribution is -2.03. The van der Waals surface area contributed by atoms with Crippen LogP contribution in [0.25, 0.3) is 11.1 Å². The second-order valence-electron chi connectivity index (χ2n) is 3.56. The maximum atomic E-state index is 11.5. The zero-order valence-corrected chi connectivity index (χ0v) is 9.54. The number of aromatic nitrogens is 1. The highest BCUT2D eigenvalue weighted by atomic mass is 16.6. The minimum atomic E-state index is -0.478. The molecular weight excluding hydrogens is 236 g/mol. The van der Waals surface area contributed by atoms with Crippen molar-refractivity contribution in [2.24, 2.45) is 0 Å². The van der Waals surface area contributed by atoms with E-state index in [9.17, 15) is 14.9 Å². The maximum Gasteiger partial charge on any atom is 0.355 e. The number of aromatic amines is 1. The molecule has 0 radical (unpaired) electrons. The van der Waals surface area contributed by atoms with E-state index in [2.05, 4.69) is 9.72 Å². The third-order valence-electron chi connectivity index (χ3n) is 2.53. The Kier molecular flexibility index (Phi) is 3.09. The van der Waals surface area contributed by atoms with Crippen LogP contribution in [0, 0.1) is 10.1 Å². The number of non-ortho nitro benzene ring substituents is 1. The van der Waals surface area contributed by atoms with E-state index in [0.29, 0.717) is 16.8 Å². The van der Waals surface area contributed by atoms with Gasteiger partial charge in [-0.1, -0.05) is 0 Å². The number of esters is 1. The first kappa shape index (κ1) is 11.8. The molecule has 2 rings (SSSR count). The van der Waals surface area contributed by atoms with Gasteiger partial charge in [0.15, 0.2) is 0 Å². The van der Waals surface area contributed by atoms with Crippen molar-refractivity contribution < 1.29 is 14.5 Å². The third kappa shape index (κ3) is 2.08. The van der Waals surface area contributed by atoms with Gasteiger partial charge < -0.3 is 9.72 Å². The van der Waals surface area contributed by atoms with Crippen LogP contribution < -0.4 is 0 Å². The van der Waals surface area contributed by atoms with E-state index in [4.69, 9.17) is 0 Å². The number of benzene rings is 1. The molecule has 6 nitrogen and oxygen atoms in total. The van der Waals surface area contributed by atoms with Crippen LogP contribution >= 0.6 is 0 Å². The largest absolute Gasteiger partial charge is 0.464 e. The number of nitro groups is 1. The van der Waals surface area contributed by atoms with Crippen LogP contribution in [-0.2, 0) is 4.74 Å². The maximum absolute atomic E-state index is 11.5. The molecule has 0 aliphatic heterocycles. The number of nitrogens with one attached hydrogen (secondary N) is 1. The second-order valence-corrected chi connectivity index (χ2v) is 3.56. The summed E-state index contributed by atoms with van der Waals surface area (Å²) < 4.78 is 4.64. The summed E-state index contributed by atoms with van der Waals surface area (Å²) in [6, 6.07) is 7.68. The first-order chi connectivity index (χ1) is 8.63. The fourth-order valence-corrected chi connectivity index (χ4v) is 1.64. The fourth-order valence-electron chi connectivity index (χ4n) is 1.64. The smallest absolute Gasteiger partial charge is 0.355 e. The molecule has 2 aromatic rings. The minimum absolute atomic E-state index is 0.00824. The Balaban J connectivity index is 2.40. The lowest BCUT2D eigenvalue weighted by Gasteiger charge is -2.02. The lowest BCUT2D eigenvalue weighted by atomic mass is 10.1. The topological polar surface area (TPSA) is 85.2 Å². The van der Waals surface area contributed by atoms with E-state index < -0.39 is 10.9 Å². The summed E-state index contributed by atoms with van der Waals surface area (Å²) >= 11 is 0. The van der Waals surface area contributed by atoms with Crippen molar-refractivity contribution >= 4 is 11.7 Å². The van der Waals surface area contributed by atoms with Crippen molar-refractivity contribution in [1.29, 1.82) is 0 Å². The monoisotopic (exact) mass is 246 g/mol. The Bertz CT molecular complexity index is 586. The molecule has 0 fully saturated rings. The van der Waals surface area contributed by atoms with Crippen LogP contribution in [0.5, 0.6) is 0 Å². The number of H-pyrrole nitrogens is 1. The molecule has 6 heteroatoms. The van der Waals surface area contributed by atoms with Gasteiger partial charge in [0.1, 0.15) is 5.69 Å². The number of carbonyl (C=O) groups is 1. The van der Waals surface area contributed by atoms with Gasteiger partial charge in [-0.05, 0) is 23.8 Å². The highest BCUT2D eigenvalue weighted by Gasteiger charge is 2.15. The predicted octanol–water partition coefficient (Wildman–Crippen LogP) is 2.38. The van der Waals surface area contributed by atoms with Crippen molar-refractivity contribution in [2.45, 2.75) is 0 Å². The Hall–Kier alpha value is -2.63. The van der Waals surface area contributed by atoms with Gasteiger partial charge >= 0.3 is 5.97 Å². The van der Waals surface area contributed by atoms with E-state index in [1.807, 2.05) is 0 Å². The second kappa shape index (κ2) is 4.70. The predicted molar refractivity (Wildman–Crippen MR) is 64.2 cm³/mol. The normalized spacial score (nSPS) is 10.1. The van der Waals surface area contributed by atoms with E-state index >= 15 is 0 Å². The van der Waals surface area contributed by atoms with Crippen LogP contribution in [0.4, 0.5) is 5.69 Å². The Labute approximate surface area is 102 Å². The zero-order chi connectivity index (χ0) is 13.1. The summed E-state index contributed by atoms with van der Waals surface area (Å²) in [5, 5.41) is 10.5. The van der Waals surface area contributed by atoms with Crippen molar-refractivity contribution in [3.63, 3.8) is 0 Å². The highest BCUT2D eigenvalue weighted by molar-refractivity contribution is 5.95. The molecule has 0 atom stereocenters. The van der Waals surface area contributed by atoms with Crippen LogP contribution in [0.3, 0.4) is 0 Å². The standard InChI is InChI=1S/C12H10N2O4/c1-18-12(15)11-10(6-7-13-11)8-2-4-9(5-3-8)14(16)17/h2-7,13H,1H3. The van der Waals surface area contributed by atoms with Crippen LogP contribution in [0.2, 0.25) is 0 Å². The van der Waals surface area contributed by atoms with Crippen molar-refractivity contribution in [3.05, 3.63) is 52.3 Å². The summed E-state index contributed by atoms with van der Waals surface area (Å²) in [4.78, 5) is 24.3. The molecular formula is C12H10N2O4. The molecule has 1 aromatic carbocycles. The molecule has 1 N–H and O–H groups in total. The molecule has 0 aliphatic rings. The number of methoxy groups -OCH3 is 1. The van der Waals surface area contributed by atoms with Crippen LogP contribution in [-0.4, -0.2) is 23.0 Å². The van der Waals surface area contributed by atoms with Gasteiger partial charge in [0.05, 0.1) is 12.0 Å². The summed E-state index contributed by atoms with van der Waals surface area (Å²) in [7, 11) is 1.29. The SMILES string of the molecule is COC(=O)c1[nH]ccc1-c1ccc([N+](=O)[O-])cc1. The fraction of sp³-hybridized carbons (Fsp3) is 0.0833. The Morgan fingerprint density at radius 3 is 2.50 bits per heavy atom. The number of ether oxygens (including phenoxy) is 1. The van der Waals surface area contributed by atoms with Gasteiger partial charge in [0.25, 0.3) is 5.69 Å². The van der Waals surface area contributed by atoms with Crippen LogP contribution in [0.15, 0.2) is 36.5 Å². The first-order valence-electron chi connectivity index (χ1n) is 5.14. The molecule has 0 saturated heterocycles. The Morgan fingerprint density at radius 2 is 1.94 bits per heavy atom. The number of nitrogens with zero attached hydrogens (tertiary/aromatic N) is 1. The average Bonchev–Trinajstić information content (AvgIpc) is 2.87. The quantitative estimate of drug-likeness (QED) is 0.511. The number of hydrogen-bond acceptors (Lipinski definition) is 4. The minimum Gasteiger partial charge on any atom is -0.464 e. The van der Waals surface area contributed by atoms with Gasteiger partial charge in [-0.25, -0.2) is 4.79 Å². The van der Waals surface area contributed by atoms with E-state index in [0.717, 1.165) is 0 Å². The van der Waals surface area contributed by atoms with Crippen molar-refractivity contribution in [2.75, 3.05) is 7.11 Å². The number of hydrogen-bond donors (Lipinski definition) is 1. The summed E-state index contributed by atoms with van der Waals surface area (Å²) in [5.74, 6) is -0.478. The van der Waals surface area contributed by atoms with Crippen molar-refractivity contribution in [3.8, 4) is 11.1 Å². The summed E-state index contributed by atoms with van der Waals surface area (Å²) in [6.07, 6.45) is 1.61. The number of nitro benzene ring substituents is 1. The molecule has 92 valence electrons. The molecule has 0 bridgehead atoms. The molecule has 18 heavy (non-hydrogen) atoms. The molecule has 1 heterocycles. The molecule has 0 spiro atoms. The van der Waals surface area contributed by atoms with Gasteiger partial charge in [0, 0.05) is 23.9 Å². The highest BCUT2D eigenvalue weighted by Crippen LogP contribution is 2.25. The molecule has 0 amide bonds. The number of carbonyl (C=O) groups excluding carboxylic acids is 1. The summed E-state index contributed by atoms with van der Waals surface area (Å²) in [5.41, 5.74) is 1.69. The van der Waals surface area contributed by atoms with Crippen LogP contribution in [0.1, 0.15) is 10.5 Å².